The highest BCUT2D eigenvalue weighted by Gasteiger charge is 2.19. The van der Waals surface area contributed by atoms with Gasteiger partial charge in [0.05, 0.1) is 0 Å². The number of likely N-dealkylation sites (tertiary alicyclic amines) is 1. The first-order chi connectivity index (χ1) is 11.6. The van der Waals surface area contributed by atoms with E-state index in [9.17, 15) is 4.79 Å². The highest BCUT2D eigenvalue weighted by Crippen LogP contribution is 2.15. The van der Waals surface area contributed by atoms with Gasteiger partial charge in [0.15, 0.2) is 5.96 Å². The molecule has 128 valence electrons. The molecule has 0 radical (unpaired) electrons. The van der Waals surface area contributed by atoms with Crippen LogP contribution in [0.15, 0.2) is 29.3 Å². The van der Waals surface area contributed by atoms with Crippen molar-refractivity contribution in [3.8, 4) is 12.3 Å². The van der Waals surface area contributed by atoms with Gasteiger partial charge in [-0.05, 0) is 43.9 Å². The van der Waals surface area contributed by atoms with E-state index in [2.05, 4.69) is 33.4 Å². The Morgan fingerprint density at radius 2 is 2.33 bits per heavy atom. The van der Waals surface area contributed by atoms with E-state index in [1.807, 2.05) is 25.1 Å². The van der Waals surface area contributed by atoms with Crippen LogP contribution >= 0.6 is 0 Å². The van der Waals surface area contributed by atoms with Gasteiger partial charge in [0.2, 0.25) is 5.91 Å². The van der Waals surface area contributed by atoms with E-state index < -0.39 is 0 Å². The van der Waals surface area contributed by atoms with Crippen molar-refractivity contribution in [1.29, 1.82) is 0 Å². The fourth-order valence-corrected chi connectivity index (χ4v) is 2.84. The maximum absolute atomic E-state index is 12.2. The predicted molar refractivity (Wildman–Crippen MR) is 99.0 cm³/mol. The molecule has 1 saturated heterocycles. The summed E-state index contributed by atoms with van der Waals surface area (Å²) in [5.41, 5.74) is 1.44. The van der Waals surface area contributed by atoms with Gasteiger partial charge >= 0.3 is 0 Å². The molecule has 2 rings (SSSR count). The molecule has 5 nitrogen and oxygen atoms in total. The van der Waals surface area contributed by atoms with Gasteiger partial charge in [0, 0.05) is 30.9 Å². The average molecular weight is 326 g/mol. The molecule has 0 aliphatic carbocycles. The third-order valence-electron chi connectivity index (χ3n) is 3.98. The number of benzene rings is 1. The summed E-state index contributed by atoms with van der Waals surface area (Å²) in [6, 6.07) is 7.25. The van der Waals surface area contributed by atoms with E-state index in [4.69, 9.17) is 6.42 Å². The van der Waals surface area contributed by atoms with E-state index >= 15 is 0 Å². The van der Waals surface area contributed by atoms with Crippen molar-refractivity contribution in [2.24, 2.45) is 10.9 Å². The Morgan fingerprint density at radius 3 is 3.04 bits per heavy atom. The van der Waals surface area contributed by atoms with E-state index in [1.165, 1.54) is 6.42 Å². The zero-order valence-corrected chi connectivity index (χ0v) is 14.5. The summed E-state index contributed by atoms with van der Waals surface area (Å²) in [7, 11) is 0. The largest absolute Gasteiger partial charge is 0.357 e. The fraction of sp³-hybridized carbons (Fsp3) is 0.474. The Balaban J connectivity index is 1.97. The third-order valence-corrected chi connectivity index (χ3v) is 3.98. The lowest BCUT2D eigenvalue weighted by molar-refractivity contribution is -0.114. The summed E-state index contributed by atoms with van der Waals surface area (Å²) in [4.78, 5) is 18.9. The smallest absolute Gasteiger partial charge is 0.246 e. The summed E-state index contributed by atoms with van der Waals surface area (Å²) in [6.45, 7) is 7.14. The van der Waals surface area contributed by atoms with E-state index in [0.29, 0.717) is 11.6 Å². The molecule has 1 amide bonds. The molecule has 1 atom stereocenters. The Labute approximate surface area is 144 Å². The van der Waals surface area contributed by atoms with Crippen LogP contribution in [0.3, 0.4) is 0 Å². The minimum Gasteiger partial charge on any atom is -0.357 e. The van der Waals surface area contributed by atoms with Crippen molar-refractivity contribution in [2.45, 2.75) is 26.7 Å². The molecule has 0 saturated carbocycles. The second kappa shape index (κ2) is 8.97. The lowest BCUT2D eigenvalue weighted by atomic mass is 10.0. The molecule has 1 aliphatic rings. The number of nitrogens with zero attached hydrogens (tertiary/aromatic N) is 2. The number of amides is 1. The lowest BCUT2D eigenvalue weighted by Crippen LogP contribution is -2.46. The molecule has 1 aromatic carbocycles. The first-order valence-corrected chi connectivity index (χ1v) is 8.52. The zero-order valence-electron chi connectivity index (χ0n) is 14.5. The maximum Gasteiger partial charge on any atom is 0.246 e. The minimum atomic E-state index is -0.148. The SMILES string of the molecule is C#Cc1cccc(NC(=O)CN=C(NCC)N2CCCC(C)C2)c1. The fourth-order valence-electron chi connectivity index (χ4n) is 2.84. The minimum absolute atomic E-state index is 0.0908. The molecule has 2 N–H and O–H groups in total. The van der Waals surface area contributed by atoms with Crippen LogP contribution in [0.25, 0.3) is 0 Å². The van der Waals surface area contributed by atoms with Crippen LogP contribution in [0, 0.1) is 18.3 Å². The third kappa shape index (κ3) is 5.31. The van der Waals surface area contributed by atoms with Crippen LogP contribution in [0.2, 0.25) is 0 Å². The molecule has 0 bridgehead atoms. The molecule has 0 spiro atoms. The van der Waals surface area contributed by atoms with Crippen LogP contribution in [0.5, 0.6) is 0 Å². The van der Waals surface area contributed by atoms with Crippen LogP contribution in [-0.4, -0.2) is 42.9 Å². The quantitative estimate of drug-likeness (QED) is 0.507. The monoisotopic (exact) mass is 326 g/mol. The standard InChI is InChI=1S/C19H26N4O/c1-4-16-9-6-10-17(12-16)22-18(24)13-21-19(20-5-2)23-11-7-8-15(3)14-23/h1,6,9-10,12,15H,5,7-8,11,13-14H2,2-3H3,(H,20,21)(H,22,24). The second-order valence-corrected chi connectivity index (χ2v) is 6.14. The topological polar surface area (TPSA) is 56.7 Å². The van der Waals surface area contributed by atoms with Gasteiger partial charge in [-0.2, -0.15) is 0 Å². The number of carbonyl (C=O) groups is 1. The number of hydrogen-bond donors (Lipinski definition) is 2. The van der Waals surface area contributed by atoms with Crippen LogP contribution in [-0.2, 0) is 4.79 Å². The van der Waals surface area contributed by atoms with Gasteiger partial charge in [-0.3, -0.25) is 4.79 Å². The van der Waals surface area contributed by atoms with Gasteiger partial charge in [0.25, 0.3) is 0 Å². The number of piperidine rings is 1. The number of nitrogens with one attached hydrogen (secondary N) is 2. The number of hydrogen-bond acceptors (Lipinski definition) is 2. The molecule has 1 heterocycles. The van der Waals surface area contributed by atoms with Crippen molar-refractivity contribution in [1.82, 2.24) is 10.2 Å². The summed E-state index contributed by atoms with van der Waals surface area (Å²) in [6.07, 6.45) is 7.79. The Morgan fingerprint density at radius 1 is 1.50 bits per heavy atom. The summed E-state index contributed by atoms with van der Waals surface area (Å²) in [5, 5.41) is 6.12. The number of carbonyl (C=O) groups excluding carboxylic acids is 1. The molecule has 1 aliphatic heterocycles. The van der Waals surface area contributed by atoms with Crippen molar-refractivity contribution in [3.05, 3.63) is 29.8 Å². The second-order valence-electron chi connectivity index (χ2n) is 6.14. The Bertz CT molecular complexity index is 632. The van der Waals surface area contributed by atoms with Crippen LogP contribution < -0.4 is 10.6 Å². The number of rotatable bonds is 4. The van der Waals surface area contributed by atoms with Gasteiger partial charge in [-0.1, -0.05) is 18.9 Å². The van der Waals surface area contributed by atoms with Crippen LogP contribution in [0.1, 0.15) is 32.3 Å². The van der Waals surface area contributed by atoms with Crippen molar-refractivity contribution >= 4 is 17.6 Å². The molecule has 1 fully saturated rings. The Hall–Kier alpha value is -2.48. The van der Waals surface area contributed by atoms with Gasteiger partial charge in [0.1, 0.15) is 6.54 Å². The first kappa shape index (κ1) is 17.9. The van der Waals surface area contributed by atoms with E-state index in [-0.39, 0.29) is 12.5 Å². The zero-order chi connectivity index (χ0) is 17.4. The average Bonchev–Trinajstić information content (AvgIpc) is 2.58. The predicted octanol–water partition coefficient (Wildman–Crippen LogP) is 2.30. The molecule has 1 aromatic rings. The van der Waals surface area contributed by atoms with Gasteiger partial charge in [-0.15, -0.1) is 6.42 Å². The van der Waals surface area contributed by atoms with Crippen LogP contribution in [0.4, 0.5) is 5.69 Å². The first-order valence-electron chi connectivity index (χ1n) is 8.52. The highest BCUT2D eigenvalue weighted by atomic mass is 16.1. The summed E-state index contributed by atoms with van der Waals surface area (Å²) >= 11 is 0. The normalized spacial score (nSPS) is 18.0. The van der Waals surface area contributed by atoms with Crippen molar-refractivity contribution in [2.75, 3.05) is 31.5 Å². The lowest BCUT2D eigenvalue weighted by Gasteiger charge is -2.33. The van der Waals surface area contributed by atoms with Gasteiger partial charge in [-0.25, -0.2) is 4.99 Å². The number of terminal acetylenes is 1. The van der Waals surface area contributed by atoms with E-state index in [0.717, 1.165) is 37.6 Å². The molecular formula is C19H26N4O. The molecule has 0 aromatic heterocycles. The number of aliphatic imine (C=N–C) groups is 1. The summed E-state index contributed by atoms with van der Waals surface area (Å²) in [5.74, 6) is 3.88. The van der Waals surface area contributed by atoms with Crippen molar-refractivity contribution in [3.63, 3.8) is 0 Å². The highest BCUT2D eigenvalue weighted by molar-refractivity contribution is 5.94. The molecular weight excluding hydrogens is 300 g/mol. The molecule has 1 unspecified atom stereocenters. The van der Waals surface area contributed by atoms with Gasteiger partial charge < -0.3 is 15.5 Å². The summed E-state index contributed by atoms with van der Waals surface area (Å²) < 4.78 is 0. The molecule has 24 heavy (non-hydrogen) atoms. The van der Waals surface area contributed by atoms with Crippen molar-refractivity contribution < 1.29 is 4.79 Å². The molecule has 5 heteroatoms. The number of anilines is 1. The van der Waals surface area contributed by atoms with E-state index in [1.54, 1.807) is 6.07 Å². The number of guanidine groups is 1. The Kier molecular flexibility index (Phi) is 6.68. The maximum atomic E-state index is 12.2.